The van der Waals surface area contributed by atoms with E-state index in [0.717, 1.165) is 122 Å². The molecule has 0 saturated carbocycles. The minimum Gasteiger partial charge on any atom is -0.462 e. The van der Waals surface area contributed by atoms with Gasteiger partial charge in [0.25, 0.3) is 0 Å². The van der Waals surface area contributed by atoms with Crippen LogP contribution in [0.25, 0.3) is 0 Å². The lowest BCUT2D eigenvalue weighted by atomic mass is 10.0. The van der Waals surface area contributed by atoms with Gasteiger partial charge in [0.15, 0.2) is 6.10 Å². The maximum absolute atomic E-state index is 12.9. The number of allylic oxidation sites excluding steroid dienone is 16. The molecule has 0 N–H and O–H groups in total. The minimum absolute atomic E-state index is 0.0825. The second-order valence-electron chi connectivity index (χ2n) is 22.4. The van der Waals surface area contributed by atoms with Crippen molar-refractivity contribution < 1.29 is 28.6 Å². The third kappa shape index (κ3) is 65.0. The third-order valence-corrected chi connectivity index (χ3v) is 14.6. The molecule has 0 aromatic rings. The van der Waals surface area contributed by atoms with Crippen molar-refractivity contribution in [2.45, 2.75) is 335 Å². The molecular weight excluding hydrogens is 973 g/mol. The summed E-state index contributed by atoms with van der Waals surface area (Å²) in [4.78, 5) is 38.4. The molecule has 0 aliphatic carbocycles. The van der Waals surface area contributed by atoms with E-state index < -0.39 is 6.10 Å². The molecule has 0 amide bonds. The van der Waals surface area contributed by atoms with Gasteiger partial charge in [0, 0.05) is 19.3 Å². The Kier molecular flexibility index (Phi) is 63.7. The molecule has 6 nitrogen and oxygen atoms in total. The van der Waals surface area contributed by atoms with Gasteiger partial charge in [0.05, 0.1) is 0 Å². The fourth-order valence-electron chi connectivity index (χ4n) is 9.54. The van der Waals surface area contributed by atoms with Gasteiger partial charge in [-0.25, -0.2) is 0 Å². The number of carbonyl (C=O) groups is 3. The summed E-state index contributed by atoms with van der Waals surface area (Å²) in [7, 11) is 0. The zero-order valence-corrected chi connectivity index (χ0v) is 52.1. The molecule has 0 radical (unpaired) electrons. The van der Waals surface area contributed by atoms with Crippen molar-refractivity contribution in [1.82, 2.24) is 0 Å². The van der Waals surface area contributed by atoms with Crippen molar-refractivity contribution in [2.24, 2.45) is 0 Å². The van der Waals surface area contributed by atoms with Crippen molar-refractivity contribution >= 4 is 17.9 Å². The highest BCUT2D eigenvalue weighted by Gasteiger charge is 2.19. The molecule has 0 fully saturated rings. The smallest absolute Gasteiger partial charge is 0.306 e. The normalized spacial score (nSPS) is 12.7. The molecule has 0 heterocycles. The van der Waals surface area contributed by atoms with E-state index in [1.54, 1.807) is 0 Å². The Morgan fingerprint density at radius 2 is 0.494 bits per heavy atom. The largest absolute Gasteiger partial charge is 0.462 e. The first-order chi connectivity index (χ1) is 39.0. The van der Waals surface area contributed by atoms with Gasteiger partial charge in [0.1, 0.15) is 13.2 Å². The van der Waals surface area contributed by atoms with Crippen LogP contribution in [0.2, 0.25) is 0 Å². The Labute approximate surface area is 489 Å². The number of rotatable bonds is 61. The van der Waals surface area contributed by atoms with Gasteiger partial charge in [-0.05, 0) is 103 Å². The number of hydrogen-bond donors (Lipinski definition) is 0. The second-order valence-corrected chi connectivity index (χ2v) is 22.4. The maximum atomic E-state index is 12.9. The molecule has 1 atom stereocenters. The van der Waals surface area contributed by atoms with Gasteiger partial charge in [0.2, 0.25) is 0 Å². The summed E-state index contributed by atoms with van der Waals surface area (Å²) in [5, 5.41) is 0. The molecule has 79 heavy (non-hydrogen) atoms. The lowest BCUT2D eigenvalue weighted by molar-refractivity contribution is -0.167. The van der Waals surface area contributed by atoms with E-state index in [2.05, 4.69) is 118 Å². The zero-order valence-electron chi connectivity index (χ0n) is 52.1. The number of esters is 3. The molecule has 0 aromatic carbocycles. The predicted molar refractivity (Wildman–Crippen MR) is 344 cm³/mol. The Hall–Kier alpha value is -3.67. The van der Waals surface area contributed by atoms with Gasteiger partial charge < -0.3 is 14.2 Å². The first kappa shape index (κ1) is 75.3. The van der Waals surface area contributed by atoms with Gasteiger partial charge >= 0.3 is 17.9 Å². The Bertz CT molecular complexity index is 1540. The molecule has 0 aromatic heterocycles. The van der Waals surface area contributed by atoms with E-state index in [1.807, 2.05) is 0 Å². The van der Waals surface area contributed by atoms with Crippen LogP contribution < -0.4 is 0 Å². The Balaban J connectivity index is 4.39. The highest BCUT2D eigenvalue weighted by atomic mass is 16.6. The van der Waals surface area contributed by atoms with Crippen LogP contribution in [0, 0.1) is 0 Å². The fraction of sp³-hybridized carbons (Fsp3) is 0.740. The van der Waals surface area contributed by atoms with E-state index in [0.29, 0.717) is 19.3 Å². The second kappa shape index (κ2) is 66.8. The van der Waals surface area contributed by atoms with Crippen molar-refractivity contribution in [3.8, 4) is 0 Å². The average molecular weight is 1100 g/mol. The van der Waals surface area contributed by atoms with Crippen molar-refractivity contribution in [1.29, 1.82) is 0 Å². The van der Waals surface area contributed by atoms with Crippen LogP contribution in [-0.2, 0) is 28.6 Å². The molecule has 0 bridgehead atoms. The van der Waals surface area contributed by atoms with E-state index in [9.17, 15) is 14.4 Å². The SMILES string of the molecule is CC/C=C\C/C=C\C/C=C\C/C=C\C/C=C\C/C=C\C/C=C\CCCCCCCC(=O)OCC(COC(=O)CCCCCCCCCCCCCCCCCC)OC(=O)CCCCCCCCC/C=C\CCCCCCCCC. The van der Waals surface area contributed by atoms with Crippen molar-refractivity contribution in [3.05, 3.63) is 97.2 Å². The summed E-state index contributed by atoms with van der Waals surface area (Å²) < 4.78 is 17.0. The first-order valence-electron chi connectivity index (χ1n) is 33.7. The summed E-state index contributed by atoms with van der Waals surface area (Å²) >= 11 is 0. The summed E-state index contributed by atoms with van der Waals surface area (Å²) in [5.74, 6) is -0.892. The summed E-state index contributed by atoms with van der Waals surface area (Å²) in [5.41, 5.74) is 0. The Morgan fingerprint density at radius 1 is 0.266 bits per heavy atom. The molecule has 6 heteroatoms. The number of carbonyl (C=O) groups excluding carboxylic acids is 3. The standard InChI is InChI=1S/C73H126O6/c1-4-7-10-13-16-19-22-25-28-31-33-34-35-36-37-38-39-40-41-43-45-48-51-54-57-60-63-66-72(75)78-69-70(68-77-71(74)65-62-59-56-53-50-47-44-30-27-24-21-18-15-12-9-6-3)79-73(76)67-64-61-58-55-52-49-46-42-32-29-26-23-20-17-14-11-8-5-2/h7,10,16,19,25,28-29,32-34,36-37,39-40,43,45,70H,4-6,8-9,11-15,17-18,20-24,26-27,30-31,35,38,41-42,44,46-69H2,1-3H3/b10-7-,19-16-,28-25-,32-29-,34-33-,37-36-,40-39-,45-43-. The van der Waals surface area contributed by atoms with Crippen molar-refractivity contribution in [2.75, 3.05) is 13.2 Å². The molecule has 0 aliphatic rings. The lowest BCUT2D eigenvalue weighted by Gasteiger charge is -2.18. The summed E-state index contributed by atoms with van der Waals surface area (Å²) in [6, 6.07) is 0. The van der Waals surface area contributed by atoms with E-state index >= 15 is 0 Å². The monoisotopic (exact) mass is 1100 g/mol. The summed E-state index contributed by atoms with van der Waals surface area (Å²) in [6.45, 7) is 6.55. The van der Waals surface area contributed by atoms with Crippen LogP contribution in [0.5, 0.6) is 0 Å². The number of unbranched alkanes of at least 4 members (excludes halogenated alkanes) is 34. The van der Waals surface area contributed by atoms with Crippen LogP contribution in [-0.4, -0.2) is 37.2 Å². The third-order valence-electron chi connectivity index (χ3n) is 14.6. The van der Waals surface area contributed by atoms with E-state index in [4.69, 9.17) is 14.2 Å². The number of hydrogen-bond acceptors (Lipinski definition) is 6. The fourth-order valence-corrected chi connectivity index (χ4v) is 9.54. The lowest BCUT2D eigenvalue weighted by Crippen LogP contribution is -2.30. The van der Waals surface area contributed by atoms with Gasteiger partial charge in [-0.15, -0.1) is 0 Å². The van der Waals surface area contributed by atoms with E-state index in [1.165, 1.54) is 167 Å². The van der Waals surface area contributed by atoms with E-state index in [-0.39, 0.29) is 31.1 Å². The topological polar surface area (TPSA) is 78.9 Å². The molecule has 0 aliphatic heterocycles. The van der Waals surface area contributed by atoms with Gasteiger partial charge in [-0.3, -0.25) is 14.4 Å². The van der Waals surface area contributed by atoms with Crippen molar-refractivity contribution in [3.63, 3.8) is 0 Å². The predicted octanol–water partition coefficient (Wildman–Crippen LogP) is 23.2. The van der Waals surface area contributed by atoms with Crippen LogP contribution in [0.15, 0.2) is 97.2 Å². The molecular formula is C73H126O6. The number of ether oxygens (including phenoxy) is 3. The molecule has 1 unspecified atom stereocenters. The average Bonchev–Trinajstić information content (AvgIpc) is 3.45. The summed E-state index contributed by atoms with van der Waals surface area (Å²) in [6.07, 6.45) is 89.8. The van der Waals surface area contributed by atoms with Crippen LogP contribution in [0.1, 0.15) is 329 Å². The van der Waals surface area contributed by atoms with Crippen LogP contribution in [0.3, 0.4) is 0 Å². The Morgan fingerprint density at radius 3 is 0.785 bits per heavy atom. The molecule has 454 valence electrons. The van der Waals surface area contributed by atoms with Crippen LogP contribution in [0.4, 0.5) is 0 Å². The minimum atomic E-state index is -0.789. The quantitative estimate of drug-likeness (QED) is 0.0261. The molecule has 0 rings (SSSR count). The van der Waals surface area contributed by atoms with Gasteiger partial charge in [-0.1, -0.05) is 304 Å². The molecule has 0 spiro atoms. The zero-order chi connectivity index (χ0) is 57.1. The van der Waals surface area contributed by atoms with Gasteiger partial charge in [-0.2, -0.15) is 0 Å². The highest BCUT2D eigenvalue weighted by molar-refractivity contribution is 5.71. The van der Waals surface area contributed by atoms with Crippen LogP contribution >= 0.6 is 0 Å². The molecule has 0 saturated heterocycles. The first-order valence-corrected chi connectivity index (χ1v) is 33.7. The highest BCUT2D eigenvalue weighted by Crippen LogP contribution is 2.17. The maximum Gasteiger partial charge on any atom is 0.306 e.